The number of aromatic nitrogens is 2. The van der Waals surface area contributed by atoms with Crippen molar-refractivity contribution in [1.82, 2.24) is 15.0 Å². The summed E-state index contributed by atoms with van der Waals surface area (Å²) in [7, 11) is 1.55. The molecule has 1 aromatic carbocycles. The van der Waals surface area contributed by atoms with Gasteiger partial charge in [0.25, 0.3) is 5.91 Å². The number of benzene rings is 1. The molecule has 2 amide bonds. The fourth-order valence-electron chi connectivity index (χ4n) is 3.05. The Morgan fingerprint density at radius 1 is 1.31 bits per heavy atom. The number of aryl methyl sites for hydroxylation is 1. The average Bonchev–Trinajstić information content (AvgIpc) is 3.20. The van der Waals surface area contributed by atoms with Gasteiger partial charge in [-0.25, -0.2) is 9.99 Å². The zero-order chi connectivity index (χ0) is 18.3. The fraction of sp³-hybridized carbons (Fsp3) is 0.222. The van der Waals surface area contributed by atoms with E-state index in [1.807, 2.05) is 30.5 Å². The van der Waals surface area contributed by atoms with Gasteiger partial charge in [0.1, 0.15) is 5.71 Å². The summed E-state index contributed by atoms with van der Waals surface area (Å²) in [6.45, 7) is 2.01. The van der Waals surface area contributed by atoms with Crippen LogP contribution in [0.3, 0.4) is 0 Å². The lowest BCUT2D eigenvalue weighted by molar-refractivity contribution is -0.130. The summed E-state index contributed by atoms with van der Waals surface area (Å²) in [5, 5.41) is 11.6. The smallest absolute Gasteiger partial charge is 0.273 e. The van der Waals surface area contributed by atoms with Crippen molar-refractivity contribution in [3.63, 3.8) is 0 Å². The molecule has 0 atom stereocenters. The molecular weight excluding hydrogens is 350 g/mol. The summed E-state index contributed by atoms with van der Waals surface area (Å²) in [5.41, 5.74) is 4.29. The molecule has 132 valence electrons. The van der Waals surface area contributed by atoms with E-state index in [0.717, 1.165) is 27.9 Å². The van der Waals surface area contributed by atoms with Crippen LogP contribution in [0.4, 0.5) is 5.13 Å². The minimum absolute atomic E-state index is 0.0899. The van der Waals surface area contributed by atoms with Gasteiger partial charge >= 0.3 is 0 Å². The van der Waals surface area contributed by atoms with Gasteiger partial charge in [0.2, 0.25) is 5.91 Å². The van der Waals surface area contributed by atoms with Crippen LogP contribution >= 0.6 is 11.3 Å². The van der Waals surface area contributed by atoms with Crippen molar-refractivity contribution in [2.45, 2.75) is 19.8 Å². The molecule has 8 heteroatoms. The summed E-state index contributed by atoms with van der Waals surface area (Å²) in [5.74, 6) is -0.409. The van der Waals surface area contributed by atoms with Gasteiger partial charge in [0.05, 0.1) is 5.69 Å². The van der Waals surface area contributed by atoms with Crippen molar-refractivity contribution in [2.24, 2.45) is 5.10 Å². The third-order valence-electron chi connectivity index (χ3n) is 4.34. The second-order valence-electron chi connectivity index (χ2n) is 6.13. The Bertz CT molecular complexity index is 1050. The van der Waals surface area contributed by atoms with Crippen molar-refractivity contribution in [1.29, 1.82) is 0 Å². The predicted molar refractivity (Wildman–Crippen MR) is 102 cm³/mol. The Kier molecular flexibility index (Phi) is 4.04. The average molecular weight is 367 g/mol. The zero-order valence-electron chi connectivity index (χ0n) is 14.4. The number of rotatable bonds is 3. The number of hydrogen-bond acceptors (Lipinski definition) is 5. The number of amides is 2. The molecule has 1 aliphatic heterocycles. The number of hydrazone groups is 1. The van der Waals surface area contributed by atoms with Crippen LogP contribution < -0.4 is 5.32 Å². The highest BCUT2D eigenvalue weighted by molar-refractivity contribution is 7.14. The highest BCUT2D eigenvalue weighted by atomic mass is 32.1. The summed E-state index contributed by atoms with van der Waals surface area (Å²) in [6, 6.07) is 8.06. The standard InChI is InChI=1S/C18H17N5O2S/c1-10-16(11-5-3-4-6-12(11)19-10)14-9-26-18(20-14)21-17(25)13-7-8-15(24)23(2)22-13/h3-6,9,19H,7-8H2,1-2H3,(H,20,21,25). The van der Waals surface area contributed by atoms with Gasteiger partial charge in [-0.1, -0.05) is 18.2 Å². The Morgan fingerprint density at radius 2 is 2.12 bits per heavy atom. The van der Waals surface area contributed by atoms with Crippen LogP contribution in [0.25, 0.3) is 22.2 Å². The molecule has 4 rings (SSSR count). The number of nitrogens with one attached hydrogen (secondary N) is 2. The van der Waals surface area contributed by atoms with E-state index < -0.39 is 0 Å². The molecule has 0 fully saturated rings. The van der Waals surface area contributed by atoms with Crippen LogP contribution in [-0.4, -0.2) is 39.6 Å². The van der Waals surface area contributed by atoms with Crippen LogP contribution in [0.5, 0.6) is 0 Å². The highest BCUT2D eigenvalue weighted by Gasteiger charge is 2.23. The van der Waals surface area contributed by atoms with Crippen molar-refractivity contribution in [3.8, 4) is 11.3 Å². The molecule has 0 bridgehead atoms. The molecule has 0 radical (unpaired) electrons. The van der Waals surface area contributed by atoms with Crippen molar-refractivity contribution in [3.05, 3.63) is 35.3 Å². The van der Waals surface area contributed by atoms with E-state index in [-0.39, 0.29) is 11.8 Å². The number of carbonyl (C=O) groups excluding carboxylic acids is 2. The number of aromatic amines is 1. The molecule has 3 aromatic rings. The van der Waals surface area contributed by atoms with Gasteiger partial charge in [0.15, 0.2) is 5.13 Å². The van der Waals surface area contributed by atoms with Crippen molar-refractivity contribution >= 4 is 44.9 Å². The highest BCUT2D eigenvalue weighted by Crippen LogP contribution is 2.33. The number of para-hydroxylation sites is 1. The molecule has 1 aliphatic rings. The van der Waals surface area contributed by atoms with E-state index in [2.05, 4.69) is 26.5 Å². The Hall–Kier alpha value is -3.00. The summed E-state index contributed by atoms with van der Waals surface area (Å²) in [6.07, 6.45) is 0.634. The van der Waals surface area contributed by atoms with Crippen LogP contribution in [0.2, 0.25) is 0 Å². The minimum Gasteiger partial charge on any atom is -0.358 e. The molecule has 2 N–H and O–H groups in total. The maximum absolute atomic E-state index is 12.4. The third kappa shape index (κ3) is 2.88. The summed E-state index contributed by atoms with van der Waals surface area (Å²) >= 11 is 1.37. The van der Waals surface area contributed by atoms with Crippen LogP contribution in [0, 0.1) is 6.92 Å². The molecule has 7 nitrogen and oxygen atoms in total. The number of thiazole rings is 1. The molecule has 0 saturated carbocycles. The predicted octanol–water partition coefficient (Wildman–Crippen LogP) is 3.15. The van der Waals surface area contributed by atoms with Crippen LogP contribution in [0.1, 0.15) is 18.5 Å². The maximum atomic E-state index is 12.4. The molecule has 3 heterocycles. The Balaban J connectivity index is 1.59. The quantitative estimate of drug-likeness (QED) is 0.745. The fourth-order valence-corrected chi connectivity index (χ4v) is 3.75. The van der Waals surface area contributed by atoms with E-state index in [1.165, 1.54) is 16.3 Å². The van der Waals surface area contributed by atoms with E-state index >= 15 is 0 Å². The van der Waals surface area contributed by atoms with E-state index in [0.29, 0.717) is 23.7 Å². The minimum atomic E-state index is -0.319. The summed E-state index contributed by atoms with van der Waals surface area (Å²) < 4.78 is 0. The normalized spacial score (nSPS) is 14.6. The molecule has 0 saturated heterocycles. The van der Waals surface area contributed by atoms with Gasteiger partial charge in [-0.05, 0) is 13.0 Å². The van der Waals surface area contributed by atoms with E-state index in [9.17, 15) is 9.59 Å². The first-order valence-corrected chi connectivity index (χ1v) is 9.09. The molecule has 2 aromatic heterocycles. The van der Waals surface area contributed by atoms with Gasteiger partial charge in [0, 0.05) is 47.4 Å². The topological polar surface area (TPSA) is 90.5 Å². The SMILES string of the molecule is Cc1[nH]c2ccccc2c1-c1csc(NC(=O)C2=NN(C)C(=O)CC2)n1. The monoisotopic (exact) mass is 367 g/mol. The zero-order valence-corrected chi connectivity index (χ0v) is 15.2. The Labute approximate surface area is 153 Å². The van der Waals surface area contributed by atoms with Gasteiger partial charge in [-0.15, -0.1) is 11.3 Å². The number of fused-ring (bicyclic) bond motifs is 1. The molecule has 26 heavy (non-hydrogen) atoms. The van der Waals surface area contributed by atoms with Crippen molar-refractivity contribution < 1.29 is 9.59 Å². The van der Waals surface area contributed by atoms with Gasteiger partial charge in [-0.3, -0.25) is 14.9 Å². The first-order chi connectivity index (χ1) is 12.5. The van der Waals surface area contributed by atoms with E-state index in [1.54, 1.807) is 7.05 Å². The third-order valence-corrected chi connectivity index (χ3v) is 5.10. The first kappa shape index (κ1) is 16.5. The second-order valence-corrected chi connectivity index (χ2v) is 6.98. The number of carbonyl (C=O) groups is 2. The lowest BCUT2D eigenvalue weighted by Crippen LogP contribution is -2.34. The van der Waals surface area contributed by atoms with Crippen molar-refractivity contribution in [2.75, 3.05) is 12.4 Å². The van der Waals surface area contributed by atoms with Gasteiger partial charge < -0.3 is 4.98 Å². The van der Waals surface area contributed by atoms with E-state index in [4.69, 9.17) is 0 Å². The molecule has 0 spiro atoms. The summed E-state index contributed by atoms with van der Waals surface area (Å²) in [4.78, 5) is 31.8. The van der Waals surface area contributed by atoms with Gasteiger partial charge in [-0.2, -0.15) is 5.10 Å². The molecule has 0 unspecified atom stereocenters. The Morgan fingerprint density at radius 3 is 2.92 bits per heavy atom. The van der Waals surface area contributed by atoms with Crippen LogP contribution in [0.15, 0.2) is 34.7 Å². The molecule has 0 aliphatic carbocycles. The lowest BCUT2D eigenvalue weighted by Gasteiger charge is -2.18. The number of nitrogens with zero attached hydrogens (tertiary/aromatic N) is 3. The number of H-pyrrole nitrogens is 1. The lowest BCUT2D eigenvalue weighted by atomic mass is 10.1. The number of anilines is 1. The molecular formula is C18H17N5O2S. The van der Waals surface area contributed by atoms with Crippen LogP contribution in [-0.2, 0) is 9.59 Å². The maximum Gasteiger partial charge on any atom is 0.273 e. The largest absolute Gasteiger partial charge is 0.358 e. The number of hydrogen-bond donors (Lipinski definition) is 2. The second kappa shape index (κ2) is 6.38. The first-order valence-electron chi connectivity index (χ1n) is 8.21.